The smallest absolute Gasteiger partial charge is 0.336 e. The zero-order chi connectivity index (χ0) is 15.1. The van der Waals surface area contributed by atoms with Crippen molar-refractivity contribution in [2.24, 2.45) is 0 Å². The van der Waals surface area contributed by atoms with Crippen LogP contribution in [0.25, 0.3) is 10.9 Å². The molecular weight excluding hydrogens is 284 g/mol. The van der Waals surface area contributed by atoms with Gasteiger partial charge in [0.2, 0.25) is 15.6 Å². The molecule has 0 aliphatic heterocycles. The molecule has 0 atom stereocenters. The highest BCUT2D eigenvalue weighted by Gasteiger charge is 2.19. The highest BCUT2D eigenvalue weighted by Crippen LogP contribution is 2.21. The Bertz CT molecular complexity index is 852. The number of benzene rings is 1. The van der Waals surface area contributed by atoms with Gasteiger partial charge in [-0.2, -0.15) is 0 Å². The molecule has 20 heavy (non-hydrogen) atoms. The number of hydrogen-bond donors (Lipinski definition) is 2. The van der Waals surface area contributed by atoms with Crippen LogP contribution in [0, 0.1) is 0 Å². The highest BCUT2D eigenvalue weighted by atomic mass is 32.2. The Kier molecular flexibility index (Phi) is 3.36. The van der Waals surface area contributed by atoms with Crippen molar-refractivity contribution in [2.45, 2.75) is 4.90 Å². The van der Waals surface area contributed by atoms with Crippen molar-refractivity contribution in [3.05, 3.63) is 40.2 Å². The summed E-state index contributed by atoms with van der Waals surface area (Å²) in [5.41, 5.74) is -0.523. The van der Waals surface area contributed by atoms with E-state index in [1.165, 1.54) is 32.3 Å². The third-order valence-electron chi connectivity index (χ3n) is 2.82. The molecule has 1 heterocycles. The fourth-order valence-electron chi connectivity index (χ4n) is 1.78. The fourth-order valence-corrected chi connectivity index (χ4v) is 2.71. The number of carbonyl (C=O) groups is 1. The second-order valence-corrected chi connectivity index (χ2v) is 6.50. The van der Waals surface area contributed by atoms with E-state index in [2.05, 4.69) is 4.98 Å². The van der Waals surface area contributed by atoms with Crippen molar-refractivity contribution in [1.82, 2.24) is 9.29 Å². The third-order valence-corrected chi connectivity index (χ3v) is 4.63. The number of aromatic carboxylic acids is 1. The SMILES string of the molecule is CN(C)S(=O)(=O)c1ccc2[nH]c(=O)cc(C(=O)O)c2c1. The Balaban J connectivity index is 2.84. The first-order chi connectivity index (χ1) is 9.23. The maximum Gasteiger partial charge on any atom is 0.336 e. The number of H-pyrrole nitrogens is 1. The number of rotatable bonds is 3. The number of nitrogens with one attached hydrogen (secondary N) is 1. The molecule has 8 heteroatoms. The van der Waals surface area contributed by atoms with Crippen LogP contribution < -0.4 is 5.56 Å². The summed E-state index contributed by atoms with van der Waals surface area (Å²) in [4.78, 5) is 24.9. The molecule has 106 valence electrons. The van der Waals surface area contributed by atoms with Crippen LogP contribution in [0.2, 0.25) is 0 Å². The van der Waals surface area contributed by atoms with Crippen molar-refractivity contribution in [3.8, 4) is 0 Å². The number of carboxylic acids is 1. The predicted octanol–water partition coefficient (Wildman–Crippen LogP) is 0.477. The van der Waals surface area contributed by atoms with Crippen molar-refractivity contribution >= 4 is 26.9 Å². The van der Waals surface area contributed by atoms with E-state index < -0.39 is 21.6 Å². The van der Waals surface area contributed by atoms with Crippen LogP contribution in [0.3, 0.4) is 0 Å². The van der Waals surface area contributed by atoms with Gasteiger partial charge in [-0.15, -0.1) is 0 Å². The Labute approximate surface area is 114 Å². The maximum absolute atomic E-state index is 12.0. The lowest BCUT2D eigenvalue weighted by molar-refractivity contribution is 0.0699. The second kappa shape index (κ2) is 4.73. The molecular formula is C12H12N2O5S. The van der Waals surface area contributed by atoms with Crippen molar-refractivity contribution in [1.29, 1.82) is 0 Å². The molecule has 2 N–H and O–H groups in total. The van der Waals surface area contributed by atoms with E-state index in [4.69, 9.17) is 5.11 Å². The molecule has 1 aromatic heterocycles. The van der Waals surface area contributed by atoms with Crippen molar-refractivity contribution < 1.29 is 18.3 Å². The van der Waals surface area contributed by atoms with Crippen LogP contribution in [0.1, 0.15) is 10.4 Å². The van der Waals surface area contributed by atoms with E-state index in [9.17, 15) is 18.0 Å². The predicted molar refractivity (Wildman–Crippen MR) is 72.4 cm³/mol. The summed E-state index contributed by atoms with van der Waals surface area (Å²) >= 11 is 0. The highest BCUT2D eigenvalue weighted by molar-refractivity contribution is 7.89. The number of pyridine rings is 1. The molecule has 0 radical (unpaired) electrons. The largest absolute Gasteiger partial charge is 0.478 e. The minimum Gasteiger partial charge on any atom is -0.478 e. The number of nitrogens with zero attached hydrogens (tertiary/aromatic N) is 1. The molecule has 1 aromatic carbocycles. The summed E-state index contributed by atoms with van der Waals surface area (Å²) in [5.74, 6) is -1.29. The minimum atomic E-state index is -3.67. The van der Waals surface area contributed by atoms with Gasteiger partial charge in [0, 0.05) is 31.1 Å². The molecule has 2 rings (SSSR count). The molecule has 2 aromatic rings. The van der Waals surface area contributed by atoms with E-state index in [0.717, 1.165) is 10.4 Å². The third kappa shape index (κ3) is 2.30. The van der Waals surface area contributed by atoms with Crippen LogP contribution in [0.5, 0.6) is 0 Å². The van der Waals surface area contributed by atoms with Gasteiger partial charge in [0.1, 0.15) is 0 Å². The normalized spacial score (nSPS) is 11.9. The molecule has 0 fully saturated rings. The van der Waals surface area contributed by atoms with Crippen molar-refractivity contribution in [2.75, 3.05) is 14.1 Å². The number of fused-ring (bicyclic) bond motifs is 1. The Hall–Kier alpha value is -2.19. The van der Waals surface area contributed by atoms with Gasteiger partial charge in [0.15, 0.2) is 0 Å². The molecule has 0 unspecified atom stereocenters. The molecule has 0 saturated heterocycles. The molecule has 0 saturated carbocycles. The summed E-state index contributed by atoms with van der Waals surface area (Å²) in [6, 6.07) is 4.86. The Morgan fingerprint density at radius 1 is 1.25 bits per heavy atom. The van der Waals surface area contributed by atoms with Crippen LogP contribution >= 0.6 is 0 Å². The number of sulfonamides is 1. The van der Waals surface area contributed by atoms with E-state index >= 15 is 0 Å². The van der Waals surface area contributed by atoms with Gasteiger partial charge < -0.3 is 10.1 Å². The molecule has 0 spiro atoms. The van der Waals surface area contributed by atoms with Gasteiger partial charge in [-0.25, -0.2) is 17.5 Å². The van der Waals surface area contributed by atoms with E-state index in [0.29, 0.717) is 0 Å². The summed E-state index contributed by atoms with van der Waals surface area (Å²) in [6.07, 6.45) is 0. The zero-order valence-electron chi connectivity index (χ0n) is 10.7. The first-order valence-corrected chi connectivity index (χ1v) is 7.00. The van der Waals surface area contributed by atoms with Crippen molar-refractivity contribution in [3.63, 3.8) is 0 Å². The molecule has 7 nitrogen and oxygen atoms in total. The monoisotopic (exact) mass is 296 g/mol. The molecule has 0 bridgehead atoms. The second-order valence-electron chi connectivity index (χ2n) is 4.35. The topological polar surface area (TPSA) is 108 Å². The molecule has 0 aliphatic carbocycles. The van der Waals surface area contributed by atoms with E-state index in [1.807, 2.05) is 0 Å². The lowest BCUT2D eigenvalue weighted by atomic mass is 10.1. The van der Waals surface area contributed by atoms with Gasteiger partial charge >= 0.3 is 5.97 Å². The minimum absolute atomic E-state index is 0.0375. The van der Waals surface area contributed by atoms with Gasteiger partial charge in [0.25, 0.3) is 0 Å². The van der Waals surface area contributed by atoms with Gasteiger partial charge in [0.05, 0.1) is 10.5 Å². The average molecular weight is 296 g/mol. The maximum atomic E-state index is 12.0. The number of carboxylic acid groups (broad SMARTS) is 1. The van der Waals surface area contributed by atoms with Gasteiger partial charge in [-0.05, 0) is 18.2 Å². The summed E-state index contributed by atoms with van der Waals surface area (Å²) in [6.45, 7) is 0. The van der Waals surface area contributed by atoms with Crippen LogP contribution in [-0.2, 0) is 10.0 Å². The van der Waals surface area contributed by atoms with Crippen LogP contribution in [0.4, 0.5) is 0 Å². The summed E-state index contributed by atoms with van der Waals surface area (Å²) < 4.78 is 25.1. The molecule has 0 aliphatic rings. The lowest BCUT2D eigenvalue weighted by Crippen LogP contribution is -2.22. The fraction of sp³-hybridized carbons (Fsp3) is 0.167. The van der Waals surface area contributed by atoms with Crippen LogP contribution in [0.15, 0.2) is 34.0 Å². The summed E-state index contributed by atoms with van der Waals surface area (Å²) in [5, 5.41) is 9.26. The number of aromatic amines is 1. The quantitative estimate of drug-likeness (QED) is 0.856. The van der Waals surface area contributed by atoms with E-state index in [1.54, 1.807) is 0 Å². The Morgan fingerprint density at radius 2 is 1.90 bits per heavy atom. The standard InChI is InChI=1S/C12H12N2O5S/c1-14(2)20(18,19)7-3-4-10-8(5-7)9(12(16)17)6-11(15)13-10/h3-6H,1-2H3,(H,13,15)(H,16,17). The Morgan fingerprint density at radius 3 is 2.45 bits per heavy atom. The first kappa shape index (κ1) is 14.2. The van der Waals surface area contributed by atoms with Gasteiger partial charge in [-0.1, -0.05) is 0 Å². The van der Waals surface area contributed by atoms with E-state index in [-0.39, 0.29) is 21.4 Å². The number of aromatic nitrogens is 1. The number of hydrogen-bond acceptors (Lipinski definition) is 4. The molecule has 0 amide bonds. The zero-order valence-corrected chi connectivity index (χ0v) is 11.6. The van der Waals surface area contributed by atoms with Gasteiger partial charge in [-0.3, -0.25) is 4.79 Å². The average Bonchev–Trinajstić information content (AvgIpc) is 2.36. The first-order valence-electron chi connectivity index (χ1n) is 5.56. The summed E-state index contributed by atoms with van der Waals surface area (Å²) in [7, 11) is -0.914. The van der Waals surface area contributed by atoms with Crippen LogP contribution in [-0.4, -0.2) is 42.9 Å². The lowest BCUT2D eigenvalue weighted by Gasteiger charge is -2.12.